The average Bonchev–Trinajstić information content (AvgIpc) is 3.19. The molecule has 4 aromatic rings. The number of rotatable bonds is 6. The zero-order valence-corrected chi connectivity index (χ0v) is 17.3. The van der Waals surface area contributed by atoms with Crippen LogP contribution in [0.1, 0.15) is 11.1 Å². The number of ether oxygens (including phenoxy) is 1. The molecular formula is C23H19F2N3OS. The Hall–Kier alpha value is -3.19. The summed E-state index contributed by atoms with van der Waals surface area (Å²) in [6.45, 7) is 2.01. The first-order valence-electron chi connectivity index (χ1n) is 9.30. The van der Waals surface area contributed by atoms with E-state index in [2.05, 4.69) is 10.2 Å². The van der Waals surface area contributed by atoms with Gasteiger partial charge in [-0.1, -0.05) is 53.7 Å². The molecule has 0 N–H and O–H groups in total. The van der Waals surface area contributed by atoms with Crippen LogP contribution in [-0.4, -0.2) is 21.9 Å². The predicted molar refractivity (Wildman–Crippen MR) is 114 cm³/mol. The molecule has 0 saturated heterocycles. The van der Waals surface area contributed by atoms with Gasteiger partial charge in [0.1, 0.15) is 5.75 Å². The van der Waals surface area contributed by atoms with Gasteiger partial charge in [-0.2, -0.15) is 0 Å². The van der Waals surface area contributed by atoms with Crippen LogP contribution in [0.4, 0.5) is 8.78 Å². The lowest BCUT2D eigenvalue weighted by Crippen LogP contribution is -2.01. The first kappa shape index (κ1) is 20.1. The maximum absolute atomic E-state index is 14.1. The van der Waals surface area contributed by atoms with Crippen molar-refractivity contribution >= 4 is 11.8 Å². The summed E-state index contributed by atoms with van der Waals surface area (Å²) in [5.41, 5.74) is 3.06. The van der Waals surface area contributed by atoms with E-state index in [0.717, 1.165) is 22.9 Å². The van der Waals surface area contributed by atoms with E-state index in [9.17, 15) is 8.78 Å². The van der Waals surface area contributed by atoms with Crippen molar-refractivity contribution in [2.75, 3.05) is 7.11 Å². The van der Waals surface area contributed by atoms with Crippen LogP contribution < -0.4 is 4.74 Å². The standard InChI is InChI=1S/C23H19F2N3OS/c1-15-10-12-17(13-11-15)28-22(18-7-3-4-9-20(18)29-2)26-27-23(28)30-14-16-6-5-8-19(24)21(16)25/h3-13H,14H2,1-2H3. The second-order valence-electron chi connectivity index (χ2n) is 6.68. The summed E-state index contributed by atoms with van der Waals surface area (Å²) in [5, 5.41) is 9.30. The van der Waals surface area contributed by atoms with Crippen molar-refractivity contribution in [3.05, 3.63) is 89.5 Å². The number of aryl methyl sites for hydroxylation is 1. The van der Waals surface area contributed by atoms with Crippen molar-refractivity contribution in [1.82, 2.24) is 14.8 Å². The van der Waals surface area contributed by atoms with E-state index in [1.54, 1.807) is 13.2 Å². The van der Waals surface area contributed by atoms with Crippen molar-refractivity contribution in [3.63, 3.8) is 0 Å². The molecule has 0 aliphatic carbocycles. The lowest BCUT2D eigenvalue weighted by atomic mass is 10.1. The van der Waals surface area contributed by atoms with Crippen LogP contribution in [-0.2, 0) is 5.75 Å². The third kappa shape index (κ3) is 3.93. The molecule has 0 fully saturated rings. The molecule has 0 amide bonds. The highest BCUT2D eigenvalue weighted by molar-refractivity contribution is 7.98. The van der Waals surface area contributed by atoms with Crippen LogP contribution in [0.15, 0.2) is 71.9 Å². The molecule has 0 spiro atoms. The van der Waals surface area contributed by atoms with Crippen molar-refractivity contribution in [2.45, 2.75) is 17.8 Å². The maximum Gasteiger partial charge on any atom is 0.196 e. The van der Waals surface area contributed by atoms with Crippen molar-refractivity contribution in [2.24, 2.45) is 0 Å². The van der Waals surface area contributed by atoms with Gasteiger partial charge in [-0.25, -0.2) is 8.78 Å². The monoisotopic (exact) mass is 423 g/mol. The molecule has 4 rings (SSSR count). The number of methoxy groups -OCH3 is 1. The molecule has 0 bridgehead atoms. The van der Waals surface area contributed by atoms with Gasteiger partial charge in [-0.3, -0.25) is 4.57 Å². The van der Waals surface area contributed by atoms with E-state index in [1.807, 2.05) is 60.0 Å². The van der Waals surface area contributed by atoms with Gasteiger partial charge < -0.3 is 4.74 Å². The first-order chi connectivity index (χ1) is 14.6. The van der Waals surface area contributed by atoms with E-state index >= 15 is 0 Å². The Kier molecular flexibility index (Phi) is 5.81. The number of para-hydroxylation sites is 1. The van der Waals surface area contributed by atoms with Crippen LogP contribution >= 0.6 is 11.8 Å². The molecular weight excluding hydrogens is 404 g/mol. The van der Waals surface area contributed by atoms with Gasteiger partial charge in [-0.15, -0.1) is 10.2 Å². The highest BCUT2D eigenvalue weighted by Gasteiger charge is 2.19. The van der Waals surface area contributed by atoms with Gasteiger partial charge in [0.2, 0.25) is 0 Å². The fourth-order valence-electron chi connectivity index (χ4n) is 3.10. The van der Waals surface area contributed by atoms with Gasteiger partial charge in [0.05, 0.1) is 12.7 Å². The molecule has 0 radical (unpaired) electrons. The Balaban J connectivity index is 1.78. The molecule has 1 heterocycles. The van der Waals surface area contributed by atoms with Crippen LogP contribution in [0.2, 0.25) is 0 Å². The molecule has 7 heteroatoms. The fraction of sp³-hybridized carbons (Fsp3) is 0.130. The molecule has 0 unspecified atom stereocenters. The summed E-state index contributed by atoms with van der Waals surface area (Å²) >= 11 is 1.29. The molecule has 3 aromatic carbocycles. The van der Waals surface area contributed by atoms with Gasteiger partial charge in [0.15, 0.2) is 22.6 Å². The quantitative estimate of drug-likeness (QED) is 0.366. The number of hydrogen-bond donors (Lipinski definition) is 0. The topological polar surface area (TPSA) is 39.9 Å². The van der Waals surface area contributed by atoms with Gasteiger partial charge in [0, 0.05) is 17.0 Å². The van der Waals surface area contributed by atoms with E-state index < -0.39 is 11.6 Å². The lowest BCUT2D eigenvalue weighted by Gasteiger charge is -2.13. The van der Waals surface area contributed by atoms with E-state index in [4.69, 9.17) is 4.74 Å². The number of nitrogens with zero attached hydrogens (tertiary/aromatic N) is 3. The highest BCUT2D eigenvalue weighted by Crippen LogP contribution is 2.34. The largest absolute Gasteiger partial charge is 0.496 e. The number of thioether (sulfide) groups is 1. The minimum Gasteiger partial charge on any atom is -0.496 e. The summed E-state index contributed by atoms with van der Waals surface area (Å²) in [4.78, 5) is 0. The van der Waals surface area contributed by atoms with Gasteiger partial charge in [0.25, 0.3) is 0 Å². The minimum atomic E-state index is -0.859. The van der Waals surface area contributed by atoms with Crippen LogP contribution in [0, 0.1) is 18.6 Å². The van der Waals surface area contributed by atoms with E-state index in [0.29, 0.717) is 16.7 Å². The Morgan fingerprint density at radius 3 is 2.47 bits per heavy atom. The highest BCUT2D eigenvalue weighted by atomic mass is 32.2. The number of aromatic nitrogens is 3. The fourth-order valence-corrected chi connectivity index (χ4v) is 4.02. The first-order valence-corrected chi connectivity index (χ1v) is 10.3. The molecule has 30 heavy (non-hydrogen) atoms. The molecule has 4 nitrogen and oxygen atoms in total. The molecule has 0 saturated carbocycles. The van der Waals surface area contributed by atoms with E-state index in [1.165, 1.54) is 17.8 Å². The Morgan fingerprint density at radius 1 is 0.933 bits per heavy atom. The third-order valence-corrected chi connectivity index (χ3v) is 5.64. The van der Waals surface area contributed by atoms with Crippen molar-refractivity contribution in [1.29, 1.82) is 0 Å². The van der Waals surface area contributed by atoms with Gasteiger partial charge in [-0.05, 0) is 37.3 Å². The summed E-state index contributed by atoms with van der Waals surface area (Å²) in [5.74, 6) is -0.192. The minimum absolute atomic E-state index is 0.222. The van der Waals surface area contributed by atoms with Crippen LogP contribution in [0.5, 0.6) is 5.75 Å². The Morgan fingerprint density at radius 2 is 1.70 bits per heavy atom. The SMILES string of the molecule is COc1ccccc1-c1nnc(SCc2cccc(F)c2F)n1-c1ccc(C)cc1. The summed E-state index contributed by atoms with van der Waals surface area (Å²) in [7, 11) is 1.60. The zero-order valence-electron chi connectivity index (χ0n) is 16.5. The van der Waals surface area contributed by atoms with E-state index in [-0.39, 0.29) is 11.3 Å². The third-order valence-electron chi connectivity index (χ3n) is 4.66. The second-order valence-corrected chi connectivity index (χ2v) is 7.62. The lowest BCUT2D eigenvalue weighted by molar-refractivity contribution is 0.416. The Bertz CT molecular complexity index is 1180. The molecule has 1 aromatic heterocycles. The molecule has 0 aliphatic heterocycles. The average molecular weight is 423 g/mol. The predicted octanol–water partition coefficient (Wildman–Crippen LogP) is 5.82. The van der Waals surface area contributed by atoms with Crippen LogP contribution in [0.25, 0.3) is 17.1 Å². The smallest absolute Gasteiger partial charge is 0.196 e. The maximum atomic E-state index is 14.1. The normalized spacial score (nSPS) is 10.9. The van der Waals surface area contributed by atoms with Gasteiger partial charge >= 0.3 is 0 Å². The van der Waals surface area contributed by atoms with Crippen molar-refractivity contribution in [3.8, 4) is 22.8 Å². The zero-order chi connectivity index (χ0) is 21.1. The summed E-state index contributed by atoms with van der Waals surface area (Å²) in [6, 6.07) is 19.7. The summed E-state index contributed by atoms with van der Waals surface area (Å²) in [6.07, 6.45) is 0. The molecule has 0 atom stereocenters. The summed E-state index contributed by atoms with van der Waals surface area (Å²) < 4.78 is 35.1. The molecule has 152 valence electrons. The number of hydrogen-bond acceptors (Lipinski definition) is 4. The van der Waals surface area contributed by atoms with Crippen LogP contribution in [0.3, 0.4) is 0 Å². The molecule has 0 aliphatic rings. The Labute approximate surface area is 177 Å². The number of benzene rings is 3. The van der Waals surface area contributed by atoms with Crippen molar-refractivity contribution < 1.29 is 13.5 Å². The number of halogens is 2. The second kappa shape index (κ2) is 8.67.